The molecule has 1 atom stereocenters. The van der Waals surface area contributed by atoms with Crippen molar-refractivity contribution in [2.75, 3.05) is 25.1 Å². The molecule has 2 N–H and O–H groups in total. The van der Waals surface area contributed by atoms with E-state index < -0.39 is 41.6 Å². The van der Waals surface area contributed by atoms with Crippen LogP contribution in [0.2, 0.25) is 0 Å². The predicted molar refractivity (Wildman–Crippen MR) is 144 cm³/mol. The number of nitrogens with zero attached hydrogens (tertiary/aromatic N) is 2. The highest BCUT2D eigenvalue weighted by Gasteiger charge is 2.31. The van der Waals surface area contributed by atoms with Crippen LogP contribution >= 0.6 is 0 Å². The minimum absolute atomic E-state index is 0.00300. The fourth-order valence-corrected chi connectivity index (χ4v) is 3.73. The smallest absolute Gasteiger partial charge is 0.416 e. The van der Waals surface area contributed by atoms with E-state index in [-0.39, 0.29) is 60.8 Å². The lowest BCUT2D eigenvalue weighted by molar-refractivity contribution is -0.147. The number of ether oxygens (including phenoxy) is 3. The maximum Gasteiger partial charge on any atom is 0.416 e. The molecule has 42 heavy (non-hydrogen) atoms. The van der Waals surface area contributed by atoms with Gasteiger partial charge in [0.1, 0.15) is 6.04 Å². The molecule has 0 aliphatic rings. The highest BCUT2D eigenvalue weighted by Crippen LogP contribution is 2.31. The Morgan fingerprint density at radius 1 is 0.857 bits per heavy atom. The Kier molecular flexibility index (Phi) is 10.8. The molecule has 0 aliphatic carbocycles. The lowest BCUT2D eigenvalue weighted by atomic mass is 10.1. The number of carbonyl (C=O) groups excluding carboxylic acids is 4. The summed E-state index contributed by atoms with van der Waals surface area (Å²) in [6, 6.07) is 7.53. The van der Waals surface area contributed by atoms with Gasteiger partial charge in [-0.15, -0.1) is 0 Å². The van der Waals surface area contributed by atoms with Gasteiger partial charge in [0, 0.05) is 17.7 Å². The third-order valence-corrected chi connectivity index (χ3v) is 5.69. The predicted octanol–water partition coefficient (Wildman–Crippen LogP) is 4.57. The molecule has 3 rings (SSSR count). The normalized spacial score (nSPS) is 11.9. The first-order chi connectivity index (χ1) is 20.0. The van der Waals surface area contributed by atoms with E-state index in [2.05, 4.69) is 20.6 Å². The van der Waals surface area contributed by atoms with Crippen molar-refractivity contribution in [1.29, 1.82) is 0 Å². The second-order valence-electron chi connectivity index (χ2n) is 8.67. The molecule has 1 heterocycles. The van der Waals surface area contributed by atoms with E-state index in [0.717, 1.165) is 18.2 Å². The first-order valence-corrected chi connectivity index (χ1v) is 13.0. The van der Waals surface area contributed by atoms with Crippen LogP contribution in [0.1, 0.15) is 60.0 Å². The molecule has 1 aromatic heterocycles. The van der Waals surface area contributed by atoms with Crippen LogP contribution in [-0.2, 0) is 30.0 Å². The molecule has 14 heteroatoms. The van der Waals surface area contributed by atoms with Crippen molar-refractivity contribution in [2.45, 2.75) is 45.8 Å². The third-order valence-electron chi connectivity index (χ3n) is 5.69. The van der Waals surface area contributed by atoms with Crippen LogP contribution < -0.4 is 10.6 Å². The van der Waals surface area contributed by atoms with Crippen LogP contribution in [0.3, 0.4) is 0 Å². The molecule has 0 saturated carbocycles. The Balaban J connectivity index is 1.82. The fourth-order valence-electron chi connectivity index (χ4n) is 3.73. The van der Waals surface area contributed by atoms with Crippen LogP contribution in [0.5, 0.6) is 0 Å². The van der Waals surface area contributed by atoms with Gasteiger partial charge in [0.2, 0.25) is 0 Å². The van der Waals surface area contributed by atoms with Gasteiger partial charge >= 0.3 is 24.1 Å². The first kappa shape index (κ1) is 31.8. The highest BCUT2D eigenvalue weighted by atomic mass is 19.4. The number of carbonyl (C=O) groups is 4. The van der Waals surface area contributed by atoms with Gasteiger partial charge in [0.25, 0.3) is 5.91 Å². The number of rotatable bonds is 12. The number of fused-ring (bicyclic) bond motifs is 1. The number of hydrogen-bond donors (Lipinski definition) is 2. The van der Waals surface area contributed by atoms with Gasteiger partial charge in [-0.25, -0.2) is 19.6 Å². The summed E-state index contributed by atoms with van der Waals surface area (Å²) in [7, 11) is 0. The van der Waals surface area contributed by atoms with Crippen LogP contribution in [0.25, 0.3) is 11.0 Å². The molecule has 11 nitrogen and oxygen atoms in total. The fraction of sp³-hybridized carbons (Fsp3) is 0.357. The van der Waals surface area contributed by atoms with Crippen LogP contribution in [0, 0.1) is 0 Å². The number of amides is 1. The van der Waals surface area contributed by atoms with Crippen LogP contribution in [0.15, 0.2) is 42.5 Å². The summed E-state index contributed by atoms with van der Waals surface area (Å²) in [5.41, 5.74) is -0.793. The number of esters is 3. The minimum Gasteiger partial charge on any atom is -0.466 e. The van der Waals surface area contributed by atoms with Crippen molar-refractivity contribution >= 4 is 46.4 Å². The molecule has 0 radical (unpaired) electrons. The monoisotopic (exact) mass is 590 g/mol. The summed E-state index contributed by atoms with van der Waals surface area (Å²) in [6.45, 7) is 5.09. The van der Waals surface area contributed by atoms with E-state index in [0.29, 0.717) is 5.69 Å². The average molecular weight is 591 g/mol. The van der Waals surface area contributed by atoms with Crippen LogP contribution in [0.4, 0.5) is 24.7 Å². The number of halogens is 3. The maximum absolute atomic E-state index is 13.2. The number of aromatic nitrogens is 2. The largest absolute Gasteiger partial charge is 0.466 e. The maximum atomic E-state index is 13.2. The van der Waals surface area contributed by atoms with Gasteiger partial charge in [-0.3, -0.25) is 9.59 Å². The Labute approximate surface area is 238 Å². The van der Waals surface area contributed by atoms with Crippen molar-refractivity contribution in [3.8, 4) is 0 Å². The number of anilines is 2. The van der Waals surface area contributed by atoms with E-state index in [4.69, 9.17) is 14.2 Å². The summed E-state index contributed by atoms with van der Waals surface area (Å²) in [5, 5.41) is 5.43. The molecule has 0 spiro atoms. The molecule has 0 aliphatic heterocycles. The zero-order valence-corrected chi connectivity index (χ0v) is 23.0. The van der Waals surface area contributed by atoms with Gasteiger partial charge in [0.15, 0.2) is 11.5 Å². The number of nitrogens with one attached hydrogen (secondary N) is 2. The van der Waals surface area contributed by atoms with Gasteiger partial charge in [-0.2, -0.15) is 13.2 Å². The zero-order chi connectivity index (χ0) is 30.9. The summed E-state index contributed by atoms with van der Waals surface area (Å²) >= 11 is 0. The molecule has 3 aromatic rings. The molecule has 224 valence electrons. The Bertz CT molecular complexity index is 1450. The summed E-state index contributed by atoms with van der Waals surface area (Å²) < 4.78 is 54.4. The molecule has 2 aromatic carbocycles. The molecule has 1 amide bonds. The van der Waals surface area contributed by atoms with Gasteiger partial charge in [-0.05, 0) is 69.7 Å². The van der Waals surface area contributed by atoms with Crippen LogP contribution in [-0.4, -0.2) is 59.6 Å². The van der Waals surface area contributed by atoms with E-state index in [1.165, 1.54) is 24.3 Å². The van der Waals surface area contributed by atoms with Crippen molar-refractivity contribution in [3.05, 3.63) is 59.3 Å². The second kappa shape index (κ2) is 14.2. The lowest BCUT2D eigenvalue weighted by Gasteiger charge is -2.17. The van der Waals surface area contributed by atoms with Crippen molar-refractivity contribution < 1.29 is 46.6 Å². The number of benzene rings is 2. The Hall–Kier alpha value is -4.75. The summed E-state index contributed by atoms with van der Waals surface area (Å²) in [4.78, 5) is 57.8. The SMILES string of the molecule is CCOC(=O)CCC(NC(=O)c1ccc(Nc2nc3ccc(C(F)(F)F)cc3nc2C(=O)OCC)cc1)C(=O)OCC. The van der Waals surface area contributed by atoms with Gasteiger partial charge < -0.3 is 24.8 Å². The molecule has 1 unspecified atom stereocenters. The average Bonchev–Trinajstić information content (AvgIpc) is 2.94. The van der Waals surface area contributed by atoms with Crippen molar-refractivity contribution in [3.63, 3.8) is 0 Å². The topological polar surface area (TPSA) is 146 Å². The lowest BCUT2D eigenvalue weighted by Crippen LogP contribution is -2.42. The van der Waals surface area contributed by atoms with E-state index in [1.54, 1.807) is 20.8 Å². The summed E-state index contributed by atoms with van der Waals surface area (Å²) in [6.07, 6.45) is -4.74. The third kappa shape index (κ3) is 8.38. The Morgan fingerprint density at radius 2 is 1.52 bits per heavy atom. The first-order valence-electron chi connectivity index (χ1n) is 13.0. The highest BCUT2D eigenvalue weighted by molar-refractivity contribution is 5.98. The molecular formula is C28H29F3N4O7. The minimum atomic E-state index is -4.61. The van der Waals surface area contributed by atoms with Gasteiger partial charge in [0.05, 0.1) is 36.4 Å². The van der Waals surface area contributed by atoms with E-state index in [1.807, 2.05) is 0 Å². The van der Waals surface area contributed by atoms with Crippen molar-refractivity contribution in [2.24, 2.45) is 0 Å². The van der Waals surface area contributed by atoms with Gasteiger partial charge in [-0.1, -0.05) is 0 Å². The quantitative estimate of drug-likeness (QED) is 0.227. The van der Waals surface area contributed by atoms with E-state index >= 15 is 0 Å². The van der Waals surface area contributed by atoms with Crippen molar-refractivity contribution in [1.82, 2.24) is 15.3 Å². The zero-order valence-electron chi connectivity index (χ0n) is 23.0. The molecule has 0 fully saturated rings. The Morgan fingerprint density at radius 3 is 2.14 bits per heavy atom. The number of alkyl halides is 3. The molecular weight excluding hydrogens is 561 g/mol. The standard InChI is InChI=1S/C28H29F3N4O7/c1-4-40-22(36)14-13-20(26(38)41-5-2)35-25(37)16-7-10-18(11-8-16)32-24-23(27(39)42-6-3)33-21-15-17(28(29,30)31)9-12-19(21)34-24/h7-12,15,20H,4-6,13-14H2,1-3H3,(H,32,34)(H,35,37). The second-order valence-corrected chi connectivity index (χ2v) is 8.67. The number of hydrogen-bond acceptors (Lipinski definition) is 10. The van der Waals surface area contributed by atoms with E-state index in [9.17, 15) is 32.3 Å². The summed E-state index contributed by atoms with van der Waals surface area (Å²) in [5.74, 6) is -2.79. The molecule has 0 bridgehead atoms. The molecule has 0 saturated heterocycles.